The molecule has 1 fully saturated rings. The summed E-state index contributed by atoms with van der Waals surface area (Å²) in [5.74, 6) is 0.498. The molecule has 0 spiro atoms. The van der Waals surface area contributed by atoms with Crippen molar-refractivity contribution < 1.29 is 23.4 Å². The average Bonchev–Trinajstić information content (AvgIpc) is 3.22. The molecule has 1 aromatic heterocycles. The second-order valence-electron chi connectivity index (χ2n) is 7.06. The predicted octanol–water partition coefficient (Wildman–Crippen LogP) is 2.13. The standard InChI is InChI=1S/C21H29FN2O4/c22-19-5-3-18(4-6-19)14-24(8-7-23-9-12-26-13-10-23)15-20(25)16-27-17-21-2-1-11-28-21/h1-6,11,20,25H,7-10,12-17H2/t20-/m0/s1. The van der Waals surface area contributed by atoms with Crippen LogP contribution in [0.4, 0.5) is 4.39 Å². The number of furan rings is 1. The molecule has 0 unspecified atom stereocenters. The van der Waals surface area contributed by atoms with Crippen molar-refractivity contribution in [1.29, 1.82) is 0 Å². The summed E-state index contributed by atoms with van der Waals surface area (Å²) < 4.78 is 29.4. The molecular weight excluding hydrogens is 363 g/mol. The fraction of sp³-hybridized carbons (Fsp3) is 0.524. The van der Waals surface area contributed by atoms with E-state index >= 15 is 0 Å². The van der Waals surface area contributed by atoms with E-state index in [0.717, 1.165) is 50.7 Å². The Kier molecular flexibility index (Phi) is 8.44. The van der Waals surface area contributed by atoms with Gasteiger partial charge < -0.3 is 19.0 Å². The molecule has 2 heterocycles. The monoisotopic (exact) mass is 392 g/mol. The van der Waals surface area contributed by atoms with E-state index in [1.807, 2.05) is 12.1 Å². The maximum absolute atomic E-state index is 13.2. The van der Waals surface area contributed by atoms with Crippen LogP contribution in [-0.2, 0) is 22.6 Å². The van der Waals surface area contributed by atoms with Gasteiger partial charge in [0.2, 0.25) is 0 Å². The van der Waals surface area contributed by atoms with Gasteiger partial charge in [-0.05, 0) is 29.8 Å². The van der Waals surface area contributed by atoms with Crippen molar-refractivity contribution >= 4 is 0 Å². The number of benzene rings is 1. The number of ether oxygens (including phenoxy) is 2. The largest absolute Gasteiger partial charge is 0.467 e. The van der Waals surface area contributed by atoms with Gasteiger partial charge in [-0.1, -0.05) is 12.1 Å². The van der Waals surface area contributed by atoms with E-state index in [-0.39, 0.29) is 12.4 Å². The molecule has 0 radical (unpaired) electrons. The van der Waals surface area contributed by atoms with Crippen molar-refractivity contribution in [3.8, 4) is 0 Å². The van der Waals surface area contributed by atoms with Crippen LogP contribution in [0.3, 0.4) is 0 Å². The van der Waals surface area contributed by atoms with Crippen molar-refractivity contribution in [2.75, 3.05) is 52.5 Å². The number of aliphatic hydroxyl groups excluding tert-OH is 1. The fourth-order valence-electron chi connectivity index (χ4n) is 3.23. The van der Waals surface area contributed by atoms with Crippen molar-refractivity contribution in [3.63, 3.8) is 0 Å². The smallest absolute Gasteiger partial charge is 0.129 e. The third kappa shape index (κ3) is 7.33. The van der Waals surface area contributed by atoms with Gasteiger partial charge in [0.05, 0.1) is 32.2 Å². The number of halogens is 1. The molecule has 28 heavy (non-hydrogen) atoms. The molecule has 0 aliphatic carbocycles. The third-order valence-electron chi connectivity index (χ3n) is 4.76. The molecule has 1 aromatic carbocycles. The molecule has 154 valence electrons. The minimum Gasteiger partial charge on any atom is -0.467 e. The highest BCUT2D eigenvalue weighted by Crippen LogP contribution is 2.09. The van der Waals surface area contributed by atoms with Gasteiger partial charge in [-0.15, -0.1) is 0 Å². The highest BCUT2D eigenvalue weighted by Gasteiger charge is 2.16. The molecule has 1 aliphatic heterocycles. The van der Waals surface area contributed by atoms with Crippen molar-refractivity contribution in [2.45, 2.75) is 19.3 Å². The van der Waals surface area contributed by atoms with E-state index in [1.54, 1.807) is 18.4 Å². The van der Waals surface area contributed by atoms with Crippen molar-refractivity contribution in [2.24, 2.45) is 0 Å². The summed E-state index contributed by atoms with van der Waals surface area (Å²) >= 11 is 0. The zero-order chi connectivity index (χ0) is 19.6. The zero-order valence-corrected chi connectivity index (χ0v) is 16.1. The van der Waals surface area contributed by atoms with Gasteiger partial charge in [0, 0.05) is 39.3 Å². The molecule has 0 amide bonds. The number of aliphatic hydroxyl groups is 1. The Labute approximate surface area is 165 Å². The summed E-state index contributed by atoms with van der Waals surface area (Å²) in [7, 11) is 0. The summed E-state index contributed by atoms with van der Waals surface area (Å²) in [5, 5.41) is 10.4. The molecule has 0 saturated carbocycles. The minimum absolute atomic E-state index is 0.234. The fourth-order valence-corrected chi connectivity index (χ4v) is 3.23. The average molecular weight is 392 g/mol. The van der Waals surface area contributed by atoms with E-state index in [2.05, 4.69) is 9.80 Å². The van der Waals surface area contributed by atoms with Gasteiger partial charge >= 0.3 is 0 Å². The Morgan fingerprint density at radius 3 is 2.68 bits per heavy atom. The lowest BCUT2D eigenvalue weighted by Crippen LogP contribution is -2.43. The Balaban J connectivity index is 1.48. The number of morpholine rings is 1. The lowest BCUT2D eigenvalue weighted by Gasteiger charge is -2.31. The van der Waals surface area contributed by atoms with Crippen LogP contribution in [-0.4, -0.2) is 73.6 Å². The first-order chi connectivity index (χ1) is 13.7. The van der Waals surface area contributed by atoms with Gasteiger partial charge in [-0.25, -0.2) is 4.39 Å². The van der Waals surface area contributed by atoms with Crippen LogP contribution in [0.1, 0.15) is 11.3 Å². The normalized spacial score (nSPS) is 16.5. The Bertz CT molecular complexity index is 660. The van der Waals surface area contributed by atoms with E-state index < -0.39 is 6.10 Å². The molecule has 7 heteroatoms. The van der Waals surface area contributed by atoms with Crippen molar-refractivity contribution in [1.82, 2.24) is 9.80 Å². The van der Waals surface area contributed by atoms with E-state index in [0.29, 0.717) is 19.7 Å². The van der Waals surface area contributed by atoms with Crippen molar-refractivity contribution in [3.05, 3.63) is 59.8 Å². The van der Waals surface area contributed by atoms with Crippen LogP contribution in [0.25, 0.3) is 0 Å². The maximum Gasteiger partial charge on any atom is 0.129 e. The van der Waals surface area contributed by atoms with Crippen LogP contribution in [0, 0.1) is 5.82 Å². The van der Waals surface area contributed by atoms with Crippen LogP contribution in [0.15, 0.2) is 47.1 Å². The summed E-state index contributed by atoms with van der Waals surface area (Å²) in [5.41, 5.74) is 1.02. The summed E-state index contributed by atoms with van der Waals surface area (Å²) in [6, 6.07) is 10.2. The number of hydrogen-bond acceptors (Lipinski definition) is 6. The number of hydrogen-bond donors (Lipinski definition) is 1. The molecule has 1 saturated heterocycles. The number of rotatable bonds is 11. The lowest BCUT2D eigenvalue weighted by atomic mass is 10.2. The summed E-state index contributed by atoms with van der Waals surface area (Å²) in [6.45, 7) is 6.83. The Hall–Kier alpha value is -1.77. The molecule has 1 aliphatic rings. The van der Waals surface area contributed by atoms with E-state index in [9.17, 15) is 9.50 Å². The topological polar surface area (TPSA) is 58.3 Å². The van der Waals surface area contributed by atoms with E-state index in [4.69, 9.17) is 13.9 Å². The maximum atomic E-state index is 13.2. The first-order valence-corrected chi connectivity index (χ1v) is 9.74. The van der Waals surface area contributed by atoms with Gasteiger partial charge in [0.1, 0.15) is 18.2 Å². The molecular formula is C21H29FN2O4. The number of nitrogens with zero attached hydrogens (tertiary/aromatic N) is 2. The molecule has 3 rings (SSSR count). The zero-order valence-electron chi connectivity index (χ0n) is 16.1. The Morgan fingerprint density at radius 1 is 1.18 bits per heavy atom. The van der Waals surface area contributed by atoms with Gasteiger partial charge in [-0.2, -0.15) is 0 Å². The van der Waals surface area contributed by atoms with Gasteiger partial charge in [0.25, 0.3) is 0 Å². The van der Waals surface area contributed by atoms with Crippen LogP contribution < -0.4 is 0 Å². The van der Waals surface area contributed by atoms with Crippen LogP contribution in [0.5, 0.6) is 0 Å². The van der Waals surface area contributed by atoms with Gasteiger partial charge in [-0.3, -0.25) is 9.80 Å². The van der Waals surface area contributed by atoms with E-state index in [1.165, 1.54) is 12.1 Å². The quantitative estimate of drug-likeness (QED) is 0.632. The first kappa shape index (κ1) is 21.0. The molecule has 6 nitrogen and oxygen atoms in total. The SMILES string of the molecule is O[C@H](COCc1ccco1)CN(CCN1CCOCC1)Cc1ccc(F)cc1. The van der Waals surface area contributed by atoms with Crippen LogP contribution >= 0.6 is 0 Å². The molecule has 0 bridgehead atoms. The molecule has 1 N–H and O–H groups in total. The second kappa shape index (κ2) is 11.3. The first-order valence-electron chi connectivity index (χ1n) is 9.74. The molecule has 1 atom stereocenters. The minimum atomic E-state index is -0.611. The van der Waals surface area contributed by atoms with Crippen LogP contribution in [0.2, 0.25) is 0 Å². The highest BCUT2D eigenvalue weighted by molar-refractivity contribution is 5.15. The van der Waals surface area contributed by atoms with Gasteiger partial charge in [0.15, 0.2) is 0 Å². The lowest BCUT2D eigenvalue weighted by molar-refractivity contribution is -0.00153. The third-order valence-corrected chi connectivity index (χ3v) is 4.76. The second-order valence-corrected chi connectivity index (χ2v) is 7.06. The predicted molar refractivity (Wildman–Crippen MR) is 103 cm³/mol. The Morgan fingerprint density at radius 2 is 1.96 bits per heavy atom. The molecule has 2 aromatic rings. The summed E-state index contributed by atoms with van der Waals surface area (Å²) in [4.78, 5) is 4.55. The summed E-state index contributed by atoms with van der Waals surface area (Å²) in [6.07, 6.45) is 0.991. The highest BCUT2D eigenvalue weighted by atomic mass is 19.1.